The van der Waals surface area contributed by atoms with E-state index in [4.69, 9.17) is 28.7 Å². The first-order valence-corrected chi connectivity index (χ1v) is 31.2. The zero-order valence-electron chi connectivity index (χ0n) is 52.1. The van der Waals surface area contributed by atoms with Crippen molar-refractivity contribution in [1.29, 1.82) is 0 Å². The predicted molar refractivity (Wildman–Crippen MR) is 330 cm³/mol. The normalized spacial score (nSPS) is 22.1. The van der Waals surface area contributed by atoms with Gasteiger partial charge in [0.1, 0.15) is 60.4 Å². The monoisotopic (exact) mass is 1240 g/mol. The number of carbonyl (C=O) groups is 11. The fraction of sp³-hybridized carbons (Fsp3) is 0.712. The van der Waals surface area contributed by atoms with Crippen LogP contribution < -0.4 is 87.2 Å². The maximum absolute atomic E-state index is 14.6. The van der Waals surface area contributed by atoms with E-state index < -0.39 is 145 Å². The van der Waals surface area contributed by atoms with E-state index in [0.29, 0.717) is 31.4 Å². The fourth-order valence-electron chi connectivity index (χ4n) is 9.71. The first-order valence-electron chi connectivity index (χ1n) is 31.2. The van der Waals surface area contributed by atoms with Crippen LogP contribution in [0.15, 0.2) is 30.3 Å². The molecule has 1 aromatic rings. The average Bonchev–Trinajstić information content (AvgIpc) is 3.64. The summed E-state index contributed by atoms with van der Waals surface area (Å²) in [6.45, 7) is 7.33. The molecule has 1 aliphatic rings. The Balaban J connectivity index is 2.66. The maximum Gasteiger partial charge on any atom is 0.245 e. The van der Waals surface area contributed by atoms with Gasteiger partial charge in [-0.05, 0) is 122 Å². The summed E-state index contributed by atoms with van der Waals surface area (Å²) >= 11 is 0. The molecule has 1 heterocycles. The van der Waals surface area contributed by atoms with Gasteiger partial charge in [-0.25, -0.2) is 0 Å². The van der Waals surface area contributed by atoms with Gasteiger partial charge in [-0.1, -0.05) is 89.6 Å². The summed E-state index contributed by atoms with van der Waals surface area (Å²) in [6, 6.07) is -6.10. The van der Waals surface area contributed by atoms with Crippen molar-refractivity contribution >= 4 is 65.0 Å². The molecule has 498 valence electrons. The van der Waals surface area contributed by atoms with Crippen LogP contribution in [0.1, 0.15) is 149 Å². The molecule has 0 saturated carbocycles. The molecular formula is C59H104N16O13. The Bertz CT molecular complexity index is 2350. The number of amides is 11. The lowest BCUT2D eigenvalue weighted by molar-refractivity contribution is -0.137. The number of nitrogens with two attached hydrogens (primary N) is 5. The van der Waals surface area contributed by atoms with Gasteiger partial charge < -0.3 is 97.4 Å². The van der Waals surface area contributed by atoms with Crippen LogP contribution in [0.5, 0.6) is 0 Å². The Hall–Kier alpha value is -6.89. The quantitative estimate of drug-likeness (QED) is 0.0299. The minimum absolute atomic E-state index is 0.0464. The average molecular weight is 1250 g/mol. The van der Waals surface area contributed by atoms with Crippen molar-refractivity contribution in [2.45, 2.75) is 223 Å². The third kappa shape index (κ3) is 29.0. The number of benzene rings is 1. The molecule has 12 atom stereocenters. The summed E-state index contributed by atoms with van der Waals surface area (Å²) in [5, 5.41) is 50.1. The van der Waals surface area contributed by atoms with Crippen molar-refractivity contribution < 1.29 is 63.0 Å². The van der Waals surface area contributed by atoms with E-state index in [1.165, 1.54) is 13.8 Å². The van der Waals surface area contributed by atoms with E-state index in [1.807, 2.05) is 0 Å². The van der Waals surface area contributed by atoms with E-state index in [1.54, 1.807) is 44.2 Å². The Labute approximate surface area is 517 Å². The minimum Gasteiger partial charge on any atom is -0.391 e. The molecule has 29 nitrogen and oxygen atoms in total. The summed E-state index contributed by atoms with van der Waals surface area (Å²) < 4.78 is 0. The highest BCUT2D eigenvalue weighted by molar-refractivity contribution is 5.99. The van der Waals surface area contributed by atoms with Gasteiger partial charge in [-0.15, -0.1) is 0 Å². The SMILES string of the molecule is CCCCCCCCCC(=O)N[C@@H](CCCCN)C(=O)N[C@H](C(=O)N[C@@H](CCN)C(=O)N[C@H]1CCNC(=O)[C@H]([C@@H](C)O)NC(=O)[C@H](CCN)NC(=O)[C@H](CCN)NC(=O)[C@H](CC(C)C)NC(=O)[C@@H](Cc2ccccc2)NC(=O)[C@H](CCN)NC1=O)[C@@H](C)O. The van der Waals surface area contributed by atoms with Crippen LogP contribution in [0.3, 0.4) is 0 Å². The van der Waals surface area contributed by atoms with E-state index in [2.05, 4.69) is 65.4 Å². The summed E-state index contributed by atoms with van der Waals surface area (Å²) in [6.07, 6.45) is 3.69. The second-order valence-electron chi connectivity index (χ2n) is 22.9. The number of carbonyl (C=O) groups excluding carboxylic acids is 11. The lowest BCUT2D eigenvalue weighted by Crippen LogP contribution is -2.62. The molecule has 0 aromatic heterocycles. The van der Waals surface area contributed by atoms with Crippen molar-refractivity contribution in [2.24, 2.45) is 34.6 Å². The largest absolute Gasteiger partial charge is 0.391 e. The Morgan fingerprint density at radius 1 is 0.534 bits per heavy atom. The highest BCUT2D eigenvalue weighted by atomic mass is 16.3. The van der Waals surface area contributed by atoms with Gasteiger partial charge in [0.25, 0.3) is 0 Å². The van der Waals surface area contributed by atoms with Crippen molar-refractivity contribution in [1.82, 2.24) is 58.5 Å². The lowest BCUT2D eigenvalue weighted by atomic mass is 10.00. The van der Waals surface area contributed by atoms with Crippen molar-refractivity contribution in [3.63, 3.8) is 0 Å². The van der Waals surface area contributed by atoms with Gasteiger partial charge in [0.15, 0.2) is 0 Å². The van der Waals surface area contributed by atoms with Crippen LogP contribution in [0.2, 0.25) is 0 Å². The van der Waals surface area contributed by atoms with E-state index in [9.17, 15) is 63.0 Å². The van der Waals surface area contributed by atoms with Crippen molar-refractivity contribution in [3.8, 4) is 0 Å². The topological polar surface area (TPSA) is 491 Å². The Morgan fingerprint density at radius 3 is 1.58 bits per heavy atom. The first-order chi connectivity index (χ1) is 41.9. The number of rotatable bonds is 33. The van der Waals surface area contributed by atoms with E-state index in [-0.39, 0.29) is 89.4 Å². The molecule has 2 rings (SSSR count). The number of nitrogens with one attached hydrogen (secondary N) is 11. The molecule has 29 heteroatoms. The molecule has 11 amide bonds. The second-order valence-corrected chi connectivity index (χ2v) is 22.9. The molecule has 0 unspecified atom stereocenters. The summed E-state index contributed by atoms with van der Waals surface area (Å²) in [5.74, 6) is -9.78. The fourth-order valence-corrected chi connectivity index (χ4v) is 9.71. The highest BCUT2D eigenvalue weighted by Crippen LogP contribution is 2.13. The molecule has 1 fully saturated rings. The zero-order valence-corrected chi connectivity index (χ0v) is 52.1. The van der Waals surface area contributed by atoms with E-state index in [0.717, 1.165) is 38.5 Å². The van der Waals surface area contributed by atoms with E-state index >= 15 is 0 Å². The molecule has 88 heavy (non-hydrogen) atoms. The Kier molecular flexibility index (Phi) is 37.6. The molecule has 1 saturated heterocycles. The van der Waals surface area contributed by atoms with Crippen molar-refractivity contribution in [2.75, 3.05) is 39.3 Å². The van der Waals surface area contributed by atoms with Gasteiger partial charge in [0.05, 0.1) is 12.2 Å². The Morgan fingerprint density at radius 2 is 1.05 bits per heavy atom. The van der Waals surface area contributed by atoms with Crippen molar-refractivity contribution in [3.05, 3.63) is 35.9 Å². The van der Waals surface area contributed by atoms with Gasteiger partial charge in [0, 0.05) is 19.4 Å². The van der Waals surface area contributed by atoms with Crippen LogP contribution in [0, 0.1) is 5.92 Å². The summed E-state index contributed by atoms with van der Waals surface area (Å²) in [5.41, 5.74) is 29.9. The number of aliphatic hydroxyl groups excluding tert-OH is 2. The highest BCUT2D eigenvalue weighted by Gasteiger charge is 2.37. The summed E-state index contributed by atoms with van der Waals surface area (Å²) in [4.78, 5) is 155. The van der Waals surface area contributed by atoms with Crippen LogP contribution in [-0.2, 0) is 59.2 Å². The third-order valence-corrected chi connectivity index (χ3v) is 14.7. The number of hydrogen-bond acceptors (Lipinski definition) is 18. The molecule has 0 aliphatic carbocycles. The molecule has 1 aliphatic heterocycles. The van der Waals surface area contributed by atoms with Crippen LogP contribution in [-0.4, -0.2) is 187 Å². The van der Waals surface area contributed by atoms with Crippen LogP contribution in [0.25, 0.3) is 0 Å². The predicted octanol–water partition coefficient (Wildman–Crippen LogP) is -3.93. The number of hydrogen-bond donors (Lipinski definition) is 18. The molecule has 0 radical (unpaired) electrons. The number of unbranched alkanes of at least 4 members (excludes halogenated alkanes) is 7. The molecule has 1 aromatic carbocycles. The second kappa shape index (κ2) is 42.9. The first kappa shape index (κ1) is 77.2. The third-order valence-electron chi connectivity index (χ3n) is 14.7. The minimum atomic E-state index is -1.69. The van der Waals surface area contributed by atoms with Gasteiger partial charge in [-0.2, -0.15) is 0 Å². The zero-order chi connectivity index (χ0) is 65.7. The smallest absolute Gasteiger partial charge is 0.245 e. The molecule has 0 bridgehead atoms. The molecule has 0 spiro atoms. The maximum atomic E-state index is 14.6. The number of aliphatic hydroxyl groups is 2. The van der Waals surface area contributed by atoms with Gasteiger partial charge >= 0.3 is 0 Å². The lowest BCUT2D eigenvalue weighted by Gasteiger charge is -2.29. The molecular weight excluding hydrogens is 1140 g/mol. The van der Waals surface area contributed by atoms with Gasteiger partial charge in [-0.3, -0.25) is 52.7 Å². The standard InChI is InChI=1S/C59H104N16O13/c1-6-7-8-9-10-11-15-21-47(78)66-39(20-16-17-27-60)54(83)75-49(37(5)77)59(88)71-42(24-30-63)51(80)70-44-26-32-65-58(87)48(36(4)76)74-55(84)43(25-31-64)68-50(79)40(22-28-61)69-56(85)45(33-35(2)3)72-57(86)46(34-38-18-13-12-14-19-38)73-52(81)41(23-29-62)67-53(44)82/h12-14,18-19,35-37,39-46,48-49,76-77H,6-11,15-17,20-34,60-64H2,1-5H3,(H,65,87)(H,66,78)(H,67,82)(H,68,79)(H,69,85)(H,70,80)(H,71,88)(H,72,86)(H,73,81)(H,74,84)(H,75,83)/t36-,37-,39+,40+,41+,42+,43+,44+,45+,46-,48+,49+/m1/s1. The van der Waals surface area contributed by atoms with Crippen LogP contribution in [0.4, 0.5) is 0 Å². The van der Waals surface area contributed by atoms with Crippen LogP contribution >= 0.6 is 0 Å². The molecule has 23 N–H and O–H groups in total. The summed E-state index contributed by atoms with van der Waals surface area (Å²) in [7, 11) is 0. The van der Waals surface area contributed by atoms with Gasteiger partial charge in [0.2, 0.25) is 65.0 Å².